The van der Waals surface area contributed by atoms with Crippen molar-refractivity contribution in [3.05, 3.63) is 69.8 Å². The molecule has 0 aliphatic rings. The number of non-ortho nitro benzene ring substituents is 1. The minimum Gasteiger partial charge on any atom is -0.494 e. The van der Waals surface area contributed by atoms with Crippen molar-refractivity contribution in [2.24, 2.45) is 0 Å². The van der Waals surface area contributed by atoms with Gasteiger partial charge < -0.3 is 10.1 Å². The van der Waals surface area contributed by atoms with Crippen molar-refractivity contribution >= 4 is 17.3 Å². The first-order valence-corrected chi connectivity index (χ1v) is 9.31. The number of nitro benzene ring substituents is 1. The number of ether oxygens (including phenoxy) is 1. The van der Waals surface area contributed by atoms with Crippen LogP contribution in [0.3, 0.4) is 0 Å². The molecule has 0 fully saturated rings. The highest BCUT2D eigenvalue weighted by Crippen LogP contribution is 2.27. The summed E-state index contributed by atoms with van der Waals surface area (Å²) in [7, 11) is 1.52. The summed E-state index contributed by atoms with van der Waals surface area (Å²) in [5.41, 5.74) is 1.84. The average Bonchev–Trinajstić information content (AvgIpc) is 3.39. The van der Waals surface area contributed by atoms with Gasteiger partial charge in [0.25, 0.3) is 11.6 Å². The number of hydrogen-bond acceptors (Lipinski definition) is 9. The van der Waals surface area contributed by atoms with Crippen molar-refractivity contribution in [2.45, 2.75) is 13.8 Å². The van der Waals surface area contributed by atoms with Crippen LogP contribution in [0.1, 0.15) is 22.0 Å². The zero-order chi connectivity index (χ0) is 22.8. The zero-order valence-electron chi connectivity index (χ0n) is 17.3. The van der Waals surface area contributed by atoms with E-state index >= 15 is 0 Å². The quantitative estimate of drug-likeness (QED) is 0.353. The fourth-order valence-electron chi connectivity index (χ4n) is 3.10. The van der Waals surface area contributed by atoms with Crippen molar-refractivity contribution in [2.75, 3.05) is 12.4 Å². The zero-order valence-corrected chi connectivity index (χ0v) is 17.3. The molecule has 2 heterocycles. The SMILES string of the molecule is COc1ccc(NC(=O)c2nnn(-c3cccc([N+](=O)[O-])c3)c2C)cc1-n1nnnc1C. The van der Waals surface area contributed by atoms with E-state index in [0.717, 1.165) is 0 Å². The number of aromatic nitrogens is 7. The normalized spacial score (nSPS) is 10.7. The Hall–Kier alpha value is -4.68. The molecule has 162 valence electrons. The number of methoxy groups -OCH3 is 1. The lowest BCUT2D eigenvalue weighted by molar-refractivity contribution is -0.384. The maximum absolute atomic E-state index is 12.9. The highest BCUT2D eigenvalue weighted by atomic mass is 16.6. The summed E-state index contributed by atoms with van der Waals surface area (Å²) < 4.78 is 8.22. The molecule has 0 bridgehead atoms. The van der Waals surface area contributed by atoms with Gasteiger partial charge in [-0.15, -0.1) is 10.2 Å². The molecule has 0 saturated carbocycles. The van der Waals surface area contributed by atoms with Crippen LogP contribution < -0.4 is 10.1 Å². The van der Waals surface area contributed by atoms with E-state index < -0.39 is 10.8 Å². The number of amides is 1. The molecule has 0 aliphatic carbocycles. The van der Waals surface area contributed by atoms with Crippen molar-refractivity contribution < 1.29 is 14.5 Å². The van der Waals surface area contributed by atoms with E-state index in [1.165, 1.54) is 34.7 Å². The van der Waals surface area contributed by atoms with E-state index in [1.807, 2.05) is 0 Å². The maximum Gasteiger partial charge on any atom is 0.278 e. The Labute approximate surface area is 180 Å². The maximum atomic E-state index is 12.9. The summed E-state index contributed by atoms with van der Waals surface area (Å²) in [6, 6.07) is 10.9. The first kappa shape index (κ1) is 20.6. The first-order valence-electron chi connectivity index (χ1n) is 9.31. The van der Waals surface area contributed by atoms with Gasteiger partial charge in [0.2, 0.25) is 0 Å². The van der Waals surface area contributed by atoms with Crippen molar-refractivity contribution in [3.63, 3.8) is 0 Å². The van der Waals surface area contributed by atoms with Gasteiger partial charge in [0.15, 0.2) is 11.5 Å². The molecule has 1 amide bonds. The number of carbonyl (C=O) groups excluding carboxylic acids is 1. The second kappa shape index (κ2) is 8.22. The molecule has 4 aromatic rings. The minimum atomic E-state index is -0.503. The van der Waals surface area contributed by atoms with Gasteiger partial charge in [0, 0.05) is 17.8 Å². The Morgan fingerprint density at radius 2 is 1.91 bits per heavy atom. The fraction of sp³-hybridized carbons (Fsp3) is 0.158. The third kappa shape index (κ3) is 3.74. The predicted octanol–water partition coefficient (Wildman–Crippen LogP) is 2.03. The molecular weight excluding hydrogens is 418 g/mol. The van der Waals surface area contributed by atoms with Crippen LogP contribution in [-0.4, -0.2) is 53.1 Å². The molecule has 0 atom stereocenters. The molecule has 32 heavy (non-hydrogen) atoms. The smallest absolute Gasteiger partial charge is 0.278 e. The van der Waals surface area contributed by atoms with Crippen LogP contribution in [0.4, 0.5) is 11.4 Å². The molecule has 4 rings (SSSR count). The van der Waals surface area contributed by atoms with Gasteiger partial charge in [-0.25, -0.2) is 4.68 Å². The number of nitrogens with zero attached hydrogens (tertiary/aromatic N) is 8. The van der Waals surface area contributed by atoms with Gasteiger partial charge in [-0.1, -0.05) is 11.3 Å². The molecule has 0 aliphatic heterocycles. The molecule has 2 aromatic carbocycles. The number of anilines is 1. The molecular formula is C19H17N9O4. The molecule has 13 heteroatoms. The van der Waals surface area contributed by atoms with Crippen LogP contribution >= 0.6 is 0 Å². The van der Waals surface area contributed by atoms with Crippen LogP contribution in [0.5, 0.6) is 5.75 Å². The van der Waals surface area contributed by atoms with E-state index in [0.29, 0.717) is 34.3 Å². The minimum absolute atomic E-state index is 0.0764. The molecule has 0 unspecified atom stereocenters. The number of hydrogen-bond donors (Lipinski definition) is 1. The lowest BCUT2D eigenvalue weighted by atomic mass is 10.2. The van der Waals surface area contributed by atoms with E-state index in [-0.39, 0.29) is 11.4 Å². The van der Waals surface area contributed by atoms with Gasteiger partial charge in [0.05, 0.1) is 23.4 Å². The van der Waals surface area contributed by atoms with E-state index in [4.69, 9.17) is 4.74 Å². The second-order valence-electron chi connectivity index (χ2n) is 6.69. The van der Waals surface area contributed by atoms with Crippen LogP contribution in [0.15, 0.2) is 42.5 Å². The summed E-state index contributed by atoms with van der Waals surface area (Å²) in [4.78, 5) is 23.4. The second-order valence-corrected chi connectivity index (χ2v) is 6.69. The molecule has 0 spiro atoms. The number of nitrogens with one attached hydrogen (secondary N) is 1. The van der Waals surface area contributed by atoms with Crippen molar-refractivity contribution in [1.29, 1.82) is 0 Å². The van der Waals surface area contributed by atoms with E-state index in [9.17, 15) is 14.9 Å². The summed E-state index contributed by atoms with van der Waals surface area (Å²) in [6.07, 6.45) is 0. The largest absolute Gasteiger partial charge is 0.494 e. The molecule has 0 saturated heterocycles. The van der Waals surface area contributed by atoms with Crippen molar-refractivity contribution in [3.8, 4) is 17.1 Å². The number of rotatable bonds is 6. The van der Waals surface area contributed by atoms with Gasteiger partial charge >= 0.3 is 0 Å². The molecule has 1 N–H and O–H groups in total. The summed E-state index contributed by atoms with van der Waals surface area (Å²) >= 11 is 0. The standard InChI is InChI=1S/C19H17N9O4/c1-11-18(22-24-26(11)14-5-4-6-15(10-14)28(30)31)19(29)20-13-7-8-17(32-3)16(9-13)27-12(2)21-23-25-27/h4-10H,1-3H3,(H,20,29). The third-order valence-corrected chi connectivity index (χ3v) is 4.69. The Morgan fingerprint density at radius 1 is 1.09 bits per heavy atom. The van der Waals surface area contributed by atoms with Crippen LogP contribution in [0.25, 0.3) is 11.4 Å². The highest BCUT2D eigenvalue weighted by Gasteiger charge is 2.20. The Bertz CT molecular complexity index is 1330. The van der Waals surface area contributed by atoms with Crippen molar-refractivity contribution in [1.82, 2.24) is 35.2 Å². The Balaban J connectivity index is 1.63. The molecule has 2 aromatic heterocycles. The fourth-order valence-corrected chi connectivity index (χ4v) is 3.10. The number of aryl methyl sites for hydroxylation is 1. The lowest BCUT2D eigenvalue weighted by Gasteiger charge is -2.11. The van der Waals surface area contributed by atoms with Gasteiger partial charge in [0.1, 0.15) is 11.4 Å². The predicted molar refractivity (Wildman–Crippen MR) is 111 cm³/mol. The Morgan fingerprint density at radius 3 is 2.59 bits per heavy atom. The topological polar surface area (TPSA) is 156 Å². The summed E-state index contributed by atoms with van der Waals surface area (Å²) in [6.45, 7) is 3.39. The van der Waals surface area contributed by atoms with Gasteiger partial charge in [-0.2, -0.15) is 4.68 Å². The summed E-state index contributed by atoms with van der Waals surface area (Å²) in [5, 5.41) is 33.2. The average molecular weight is 435 g/mol. The monoisotopic (exact) mass is 435 g/mol. The summed E-state index contributed by atoms with van der Waals surface area (Å²) in [5.74, 6) is 0.567. The van der Waals surface area contributed by atoms with E-state index in [1.54, 1.807) is 38.1 Å². The number of nitro groups is 1. The van der Waals surface area contributed by atoms with E-state index in [2.05, 4.69) is 31.2 Å². The lowest BCUT2D eigenvalue weighted by Crippen LogP contribution is -2.15. The number of benzene rings is 2. The third-order valence-electron chi connectivity index (χ3n) is 4.69. The molecule has 0 radical (unpaired) electrons. The van der Waals surface area contributed by atoms with Crippen LogP contribution in [0, 0.1) is 24.0 Å². The van der Waals surface area contributed by atoms with Gasteiger partial charge in [-0.05, 0) is 48.5 Å². The van der Waals surface area contributed by atoms with Crippen LogP contribution in [0.2, 0.25) is 0 Å². The highest BCUT2D eigenvalue weighted by molar-refractivity contribution is 6.03. The Kier molecular flexibility index (Phi) is 5.29. The molecule has 13 nitrogen and oxygen atoms in total. The van der Waals surface area contributed by atoms with Crippen LogP contribution in [-0.2, 0) is 0 Å². The number of carbonyl (C=O) groups is 1. The number of tetrazole rings is 1. The first-order chi connectivity index (χ1) is 15.4. The van der Waals surface area contributed by atoms with Gasteiger partial charge in [-0.3, -0.25) is 14.9 Å².